The van der Waals surface area contributed by atoms with Crippen LogP contribution in [0, 0.1) is 5.92 Å². The molecule has 3 atom stereocenters. The minimum absolute atomic E-state index is 0.0496. The number of methoxy groups -OCH3 is 1. The van der Waals surface area contributed by atoms with Crippen molar-refractivity contribution in [2.75, 3.05) is 7.11 Å². The monoisotopic (exact) mass is 322 g/mol. The van der Waals surface area contributed by atoms with Crippen LogP contribution in [0.3, 0.4) is 0 Å². The lowest BCUT2D eigenvalue weighted by molar-refractivity contribution is -0.123. The molecule has 0 spiro atoms. The summed E-state index contributed by atoms with van der Waals surface area (Å²) >= 11 is 5.95. The van der Waals surface area contributed by atoms with Gasteiger partial charge in [0, 0.05) is 23.2 Å². The minimum atomic E-state index is -0.0496. The lowest BCUT2D eigenvalue weighted by Gasteiger charge is -2.24. The van der Waals surface area contributed by atoms with Crippen molar-refractivity contribution in [1.82, 2.24) is 10.6 Å². The van der Waals surface area contributed by atoms with Gasteiger partial charge in [0.25, 0.3) is 0 Å². The van der Waals surface area contributed by atoms with Gasteiger partial charge in [-0.15, -0.1) is 0 Å². The zero-order chi connectivity index (χ0) is 15.5. The van der Waals surface area contributed by atoms with Crippen LogP contribution in [0.15, 0.2) is 18.2 Å². The number of halogens is 1. The molecule has 0 aromatic heterocycles. The van der Waals surface area contributed by atoms with Gasteiger partial charge in [-0.05, 0) is 37.3 Å². The van der Waals surface area contributed by atoms with Crippen LogP contribution in [-0.4, -0.2) is 25.1 Å². The molecule has 0 bridgehead atoms. The Morgan fingerprint density at radius 1 is 1.41 bits per heavy atom. The Balaban J connectivity index is 1.56. The van der Waals surface area contributed by atoms with E-state index in [1.807, 2.05) is 12.1 Å². The first kappa shape index (κ1) is 15.6. The van der Waals surface area contributed by atoms with Crippen molar-refractivity contribution in [2.24, 2.45) is 5.92 Å². The number of amides is 1. The highest BCUT2D eigenvalue weighted by molar-refractivity contribution is 6.30. The summed E-state index contributed by atoms with van der Waals surface area (Å²) in [6.45, 7) is 0.465. The van der Waals surface area contributed by atoms with E-state index in [-0.39, 0.29) is 11.9 Å². The van der Waals surface area contributed by atoms with E-state index >= 15 is 0 Å². The third-order valence-corrected chi connectivity index (χ3v) is 5.12. The van der Waals surface area contributed by atoms with E-state index in [1.165, 1.54) is 25.7 Å². The van der Waals surface area contributed by atoms with E-state index in [0.717, 1.165) is 12.0 Å². The summed E-state index contributed by atoms with van der Waals surface area (Å²) < 4.78 is 5.31. The van der Waals surface area contributed by atoms with Crippen LogP contribution in [0.4, 0.5) is 0 Å². The van der Waals surface area contributed by atoms with Crippen molar-refractivity contribution < 1.29 is 9.53 Å². The Bertz CT molecular complexity index is 535. The Kier molecular flexibility index (Phi) is 4.89. The fraction of sp³-hybridized carbons (Fsp3) is 0.588. The van der Waals surface area contributed by atoms with Gasteiger partial charge in [0.1, 0.15) is 5.75 Å². The van der Waals surface area contributed by atoms with E-state index < -0.39 is 0 Å². The first-order valence-electron chi connectivity index (χ1n) is 8.03. The zero-order valence-electron chi connectivity index (χ0n) is 12.9. The number of rotatable bonds is 4. The molecular formula is C17H23ClN2O2. The third kappa shape index (κ3) is 3.39. The fourth-order valence-corrected chi connectivity index (χ4v) is 3.85. The van der Waals surface area contributed by atoms with Gasteiger partial charge in [0.15, 0.2) is 0 Å². The molecule has 5 heteroatoms. The molecule has 0 radical (unpaired) electrons. The molecule has 1 aliphatic carbocycles. The van der Waals surface area contributed by atoms with E-state index in [1.54, 1.807) is 13.2 Å². The highest BCUT2D eigenvalue weighted by atomic mass is 35.5. The highest BCUT2D eigenvalue weighted by Crippen LogP contribution is 2.33. The second kappa shape index (κ2) is 6.88. The molecule has 1 heterocycles. The van der Waals surface area contributed by atoms with Gasteiger partial charge in [0.2, 0.25) is 5.91 Å². The molecule has 22 heavy (non-hydrogen) atoms. The molecule has 1 aromatic carbocycles. The molecule has 1 saturated carbocycles. The fourth-order valence-electron chi connectivity index (χ4n) is 3.69. The lowest BCUT2D eigenvalue weighted by atomic mass is 9.85. The SMILES string of the molecule is COc1cc(Cl)ccc1CNC(=O)C1CC2CCCCC2N1. The standard InChI is InChI=1S/C17H23ClN2O2/c1-22-16-9-13(18)7-6-12(16)10-19-17(21)15-8-11-4-2-3-5-14(11)20-15/h6-7,9,11,14-15,20H,2-5,8,10H2,1H3,(H,19,21). The summed E-state index contributed by atoms with van der Waals surface area (Å²) in [6.07, 6.45) is 6.02. The Morgan fingerprint density at radius 3 is 3.00 bits per heavy atom. The molecule has 120 valence electrons. The smallest absolute Gasteiger partial charge is 0.237 e. The highest BCUT2D eigenvalue weighted by Gasteiger charge is 2.38. The van der Waals surface area contributed by atoms with Crippen molar-refractivity contribution in [3.05, 3.63) is 28.8 Å². The van der Waals surface area contributed by atoms with Crippen molar-refractivity contribution >= 4 is 17.5 Å². The summed E-state index contributed by atoms with van der Waals surface area (Å²) in [5.41, 5.74) is 0.940. The van der Waals surface area contributed by atoms with Crippen LogP contribution in [0.25, 0.3) is 0 Å². The molecule has 2 aliphatic rings. The number of hydrogen-bond donors (Lipinski definition) is 2. The summed E-state index contributed by atoms with van der Waals surface area (Å²) in [4.78, 5) is 12.4. The van der Waals surface area contributed by atoms with Crippen molar-refractivity contribution in [3.63, 3.8) is 0 Å². The van der Waals surface area contributed by atoms with Crippen LogP contribution < -0.4 is 15.4 Å². The number of carbonyl (C=O) groups is 1. The number of hydrogen-bond acceptors (Lipinski definition) is 3. The molecular weight excluding hydrogens is 300 g/mol. The summed E-state index contributed by atoms with van der Waals surface area (Å²) in [6, 6.07) is 5.96. The predicted molar refractivity (Wildman–Crippen MR) is 87.1 cm³/mol. The normalized spacial score (nSPS) is 27.3. The first-order valence-corrected chi connectivity index (χ1v) is 8.41. The number of nitrogens with one attached hydrogen (secondary N) is 2. The molecule has 3 unspecified atom stereocenters. The number of benzene rings is 1. The van der Waals surface area contributed by atoms with Gasteiger partial charge in [0.05, 0.1) is 13.2 Å². The second-order valence-electron chi connectivity index (χ2n) is 6.28. The van der Waals surface area contributed by atoms with Crippen LogP contribution in [0.2, 0.25) is 5.02 Å². The number of carbonyl (C=O) groups excluding carboxylic acids is 1. The molecule has 2 fully saturated rings. The van der Waals surface area contributed by atoms with Crippen LogP contribution >= 0.6 is 11.6 Å². The second-order valence-corrected chi connectivity index (χ2v) is 6.72. The Morgan fingerprint density at radius 2 is 2.23 bits per heavy atom. The molecule has 4 nitrogen and oxygen atoms in total. The van der Waals surface area contributed by atoms with E-state index in [0.29, 0.717) is 29.3 Å². The van der Waals surface area contributed by atoms with Crippen molar-refractivity contribution in [1.29, 1.82) is 0 Å². The van der Waals surface area contributed by atoms with Crippen LogP contribution in [-0.2, 0) is 11.3 Å². The van der Waals surface area contributed by atoms with Gasteiger partial charge in [-0.3, -0.25) is 4.79 Å². The zero-order valence-corrected chi connectivity index (χ0v) is 13.7. The first-order chi connectivity index (χ1) is 10.7. The molecule has 1 saturated heterocycles. The average Bonchev–Trinajstić information content (AvgIpc) is 2.97. The lowest BCUT2D eigenvalue weighted by Crippen LogP contribution is -2.42. The van der Waals surface area contributed by atoms with Crippen molar-refractivity contribution in [2.45, 2.75) is 50.7 Å². The largest absolute Gasteiger partial charge is 0.496 e. The quantitative estimate of drug-likeness (QED) is 0.896. The van der Waals surface area contributed by atoms with Gasteiger partial charge < -0.3 is 15.4 Å². The van der Waals surface area contributed by atoms with E-state index in [9.17, 15) is 4.79 Å². The van der Waals surface area contributed by atoms with E-state index in [4.69, 9.17) is 16.3 Å². The number of ether oxygens (including phenoxy) is 1. The summed E-state index contributed by atoms with van der Waals surface area (Å²) in [7, 11) is 1.61. The van der Waals surface area contributed by atoms with E-state index in [2.05, 4.69) is 10.6 Å². The Hall–Kier alpha value is -1.26. The maximum atomic E-state index is 12.4. The summed E-state index contributed by atoms with van der Waals surface area (Å²) in [5.74, 6) is 1.47. The average molecular weight is 323 g/mol. The molecule has 2 N–H and O–H groups in total. The van der Waals surface area contributed by atoms with Gasteiger partial charge in [-0.25, -0.2) is 0 Å². The molecule has 1 aromatic rings. The third-order valence-electron chi connectivity index (χ3n) is 4.88. The van der Waals surface area contributed by atoms with Gasteiger partial charge in [-0.1, -0.05) is 30.5 Å². The molecule has 3 rings (SSSR count). The van der Waals surface area contributed by atoms with Crippen LogP contribution in [0.5, 0.6) is 5.75 Å². The summed E-state index contributed by atoms with van der Waals surface area (Å²) in [5, 5.41) is 7.16. The maximum absolute atomic E-state index is 12.4. The Labute approximate surface area is 136 Å². The maximum Gasteiger partial charge on any atom is 0.237 e. The van der Waals surface area contributed by atoms with Gasteiger partial charge in [-0.2, -0.15) is 0 Å². The predicted octanol–water partition coefficient (Wildman–Crippen LogP) is 2.89. The molecule has 1 amide bonds. The van der Waals surface area contributed by atoms with Crippen molar-refractivity contribution in [3.8, 4) is 5.75 Å². The molecule has 1 aliphatic heterocycles. The van der Waals surface area contributed by atoms with Crippen LogP contribution in [0.1, 0.15) is 37.7 Å². The number of fused-ring (bicyclic) bond motifs is 1. The minimum Gasteiger partial charge on any atom is -0.496 e. The topological polar surface area (TPSA) is 50.4 Å². The van der Waals surface area contributed by atoms with Gasteiger partial charge >= 0.3 is 0 Å².